The lowest BCUT2D eigenvalue weighted by molar-refractivity contribution is 0.896. The first-order valence-corrected chi connectivity index (χ1v) is 6.93. The van der Waals surface area contributed by atoms with Gasteiger partial charge in [0, 0.05) is 4.90 Å². The van der Waals surface area contributed by atoms with Gasteiger partial charge >= 0.3 is 0 Å². The number of benzene rings is 1. The molecule has 0 spiro atoms. The predicted molar refractivity (Wildman–Crippen MR) is 79.6 cm³/mol. The molecule has 3 N–H and O–H groups in total. The molecule has 0 radical (unpaired) electrons. The molecule has 0 fully saturated rings. The maximum Gasteiger partial charge on any atom is 0.184 e. The van der Waals surface area contributed by atoms with E-state index in [1.54, 1.807) is 6.21 Å². The molecule has 0 bridgehead atoms. The van der Waals surface area contributed by atoms with Crippen molar-refractivity contribution in [2.24, 2.45) is 10.8 Å². The zero-order valence-electron chi connectivity index (χ0n) is 9.85. The van der Waals surface area contributed by atoms with Crippen LogP contribution < -0.4 is 11.2 Å². The fourth-order valence-corrected chi connectivity index (χ4v) is 2.20. The molecule has 0 unspecified atom stereocenters. The number of thioether (sulfide) groups is 1. The van der Waals surface area contributed by atoms with Crippen LogP contribution in [0.4, 0.5) is 0 Å². The third kappa shape index (κ3) is 6.28. The fraction of sp³-hybridized carbons (Fsp3) is 0.333. The molecule has 1 aromatic carbocycles. The van der Waals surface area contributed by atoms with Gasteiger partial charge in [0.15, 0.2) is 5.11 Å². The van der Waals surface area contributed by atoms with Gasteiger partial charge in [0.25, 0.3) is 0 Å². The first kappa shape index (κ1) is 14.0. The predicted octanol–water partition coefficient (Wildman–Crippen LogP) is 2.75. The van der Waals surface area contributed by atoms with Crippen molar-refractivity contribution >= 4 is 35.3 Å². The third-order valence-electron chi connectivity index (χ3n) is 2.04. The van der Waals surface area contributed by atoms with Gasteiger partial charge in [-0.1, -0.05) is 25.5 Å². The molecule has 0 aliphatic rings. The Labute approximate surface area is 112 Å². The van der Waals surface area contributed by atoms with Crippen LogP contribution in [0.5, 0.6) is 0 Å². The van der Waals surface area contributed by atoms with Crippen LogP contribution in [-0.4, -0.2) is 17.1 Å². The summed E-state index contributed by atoms with van der Waals surface area (Å²) in [5.41, 5.74) is 8.80. The van der Waals surface area contributed by atoms with E-state index in [2.05, 4.69) is 41.8 Å². The minimum atomic E-state index is 0.174. The van der Waals surface area contributed by atoms with Gasteiger partial charge in [-0.3, -0.25) is 5.43 Å². The van der Waals surface area contributed by atoms with E-state index >= 15 is 0 Å². The first-order valence-electron chi connectivity index (χ1n) is 5.53. The number of nitrogens with two attached hydrogens (primary N) is 1. The zero-order valence-corrected chi connectivity index (χ0v) is 11.5. The van der Waals surface area contributed by atoms with Crippen LogP contribution in [0.1, 0.15) is 25.3 Å². The van der Waals surface area contributed by atoms with Crippen LogP contribution >= 0.6 is 24.0 Å². The highest BCUT2D eigenvalue weighted by molar-refractivity contribution is 7.99. The number of thiocarbonyl (C=S) groups is 1. The Kier molecular flexibility index (Phi) is 6.65. The molecule has 3 nitrogen and oxygen atoms in total. The lowest BCUT2D eigenvalue weighted by Gasteiger charge is -2.01. The Morgan fingerprint density at radius 1 is 1.47 bits per heavy atom. The molecule has 17 heavy (non-hydrogen) atoms. The molecule has 0 saturated carbocycles. The highest BCUT2D eigenvalue weighted by Gasteiger charge is 1.93. The topological polar surface area (TPSA) is 50.4 Å². The summed E-state index contributed by atoms with van der Waals surface area (Å²) >= 11 is 6.52. The number of nitrogens with one attached hydrogen (secondary N) is 1. The summed E-state index contributed by atoms with van der Waals surface area (Å²) in [4.78, 5) is 1.29. The van der Waals surface area contributed by atoms with Crippen molar-refractivity contribution in [3.63, 3.8) is 0 Å². The van der Waals surface area contributed by atoms with Crippen LogP contribution in [0.25, 0.3) is 0 Å². The maximum absolute atomic E-state index is 5.25. The van der Waals surface area contributed by atoms with Gasteiger partial charge in [-0.05, 0) is 42.1 Å². The van der Waals surface area contributed by atoms with Crippen molar-refractivity contribution < 1.29 is 0 Å². The Bertz CT molecular complexity index is 374. The lowest BCUT2D eigenvalue weighted by Crippen LogP contribution is -2.23. The highest BCUT2D eigenvalue weighted by atomic mass is 32.2. The molecule has 0 aliphatic heterocycles. The van der Waals surface area contributed by atoms with Gasteiger partial charge in [0.05, 0.1) is 6.21 Å². The van der Waals surface area contributed by atoms with Crippen LogP contribution in [0.3, 0.4) is 0 Å². The van der Waals surface area contributed by atoms with Gasteiger partial charge in [-0.25, -0.2) is 0 Å². The van der Waals surface area contributed by atoms with Crippen LogP contribution in [0.15, 0.2) is 34.3 Å². The van der Waals surface area contributed by atoms with E-state index in [4.69, 9.17) is 5.73 Å². The summed E-state index contributed by atoms with van der Waals surface area (Å²) in [6.45, 7) is 2.20. The highest BCUT2D eigenvalue weighted by Crippen LogP contribution is 2.19. The molecule has 0 atom stereocenters. The fourth-order valence-electron chi connectivity index (χ4n) is 1.15. The second kappa shape index (κ2) is 8.08. The van der Waals surface area contributed by atoms with E-state index in [-0.39, 0.29) is 5.11 Å². The normalized spacial score (nSPS) is 10.6. The summed E-state index contributed by atoms with van der Waals surface area (Å²) in [7, 11) is 0. The molecule has 5 heteroatoms. The monoisotopic (exact) mass is 267 g/mol. The zero-order chi connectivity index (χ0) is 12.5. The molecule has 0 aromatic heterocycles. The number of hydrazone groups is 1. The van der Waals surface area contributed by atoms with E-state index in [1.165, 1.54) is 23.5 Å². The number of rotatable bonds is 6. The molecule has 0 amide bonds. The van der Waals surface area contributed by atoms with Crippen molar-refractivity contribution in [1.82, 2.24) is 5.43 Å². The van der Waals surface area contributed by atoms with Gasteiger partial charge in [0.2, 0.25) is 0 Å². The van der Waals surface area contributed by atoms with Gasteiger partial charge in [-0.15, -0.1) is 11.8 Å². The largest absolute Gasteiger partial charge is 0.375 e. The average Bonchev–Trinajstić information content (AvgIpc) is 2.31. The molecule has 0 saturated heterocycles. The van der Waals surface area contributed by atoms with Crippen molar-refractivity contribution in [3.8, 4) is 0 Å². The van der Waals surface area contributed by atoms with Crippen LogP contribution in [0, 0.1) is 0 Å². The number of hydrogen-bond donors (Lipinski definition) is 2. The maximum atomic E-state index is 5.25. The molecule has 0 aliphatic carbocycles. The van der Waals surface area contributed by atoms with Crippen molar-refractivity contribution in [1.29, 1.82) is 0 Å². The smallest absolute Gasteiger partial charge is 0.184 e. The van der Waals surface area contributed by atoms with E-state index in [0.717, 1.165) is 5.56 Å². The summed E-state index contributed by atoms with van der Waals surface area (Å²) in [5.74, 6) is 1.17. The summed E-state index contributed by atoms with van der Waals surface area (Å²) in [5, 5.41) is 4.07. The molecular formula is C12H17N3S2. The van der Waals surface area contributed by atoms with E-state index in [0.29, 0.717) is 0 Å². The molecule has 0 heterocycles. The van der Waals surface area contributed by atoms with Crippen LogP contribution in [-0.2, 0) is 0 Å². The number of nitrogens with zero attached hydrogens (tertiary/aromatic N) is 1. The Morgan fingerprint density at radius 2 is 2.18 bits per heavy atom. The average molecular weight is 267 g/mol. The summed E-state index contributed by atoms with van der Waals surface area (Å²) in [6.07, 6.45) is 4.19. The Hall–Kier alpha value is -1.07. The molecule has 1 rings (SSSR count). The minimum absolute atomic E-state index is 0.174. The lowest BCUT2D eigenvalue weighted by atomic mass is 10.2. The van der Waals surface area contributed by atoms with Gasteiger partial charge in [-0.2, -0.15) is 5.10 Å². The van der Waals surface area contributed by atoms with Crippen molar-refractivity contribution in [3.05, 3.63) is 29.8 Å². The second-order valence-electron chi connectivity index (χ2n) is 3.51. The van der Waals surface area contributed by atoms with Crippen molar-refractivity contribution in [2.45, 2.75) is 24.7 Å². The summed E-state index contributed by atoms with van der Waals surface area (Å²) < 4.78 is 0. The first-order chi connectivity index (χ1) is 8.22. The molecule has 92 valence electrons. The van der Waals surface area contributed by atoms with Gasteiger partial charge in [0.1, 0.15) is 0 Å². The SMILES string of the molecule is CCCCSc1ccc(C=NNC(N)=S)cc1. The van der Waals surface area contributed by atoms with E-state index in [9.17, 15) is 0 Å². The third-order valence-corrected chi connectivity index (χ3v) is 3.22. The Morgan fingerprint density at radius 3 is 2.76 bits per heavy atom. The standard InChI is InChI=1S/C12H17N3S2/c1-2-3-8-17-11-6-4-10(5-7-11)9-14-15-12(13)16/h4-7,9H,2-3,8H2,1H3,(H3,13,15,16). The molecule has 1 aromatic rings. The van der Waals surface area contributed by atoms with Gasteiger partial charge < -0.3 is 5.73 Å². The minimum Gasteiger partial charge on any atom is -0.375 e. The van der Waals surface area contributed by atoms with Crippen LogP contribution in [0.2, 0.25) is 0 Å². The molecular weight excluding hydrogens is 250 g/mol. The number of unbranched alkanes of at least 4 members (excludes halogenated alkanes) is 1. The van der Waals surface area contributed by atoms with E-state index in [1.807, 2.05) is 23.9 Å². The second-order valence-corrected chi connectivity index (χ2v) is 5.11. The summed E-state index contributed by atoms with van der Waals surface area (Å²) in [6, 6.07) is 8.25. The Balaban J connectivity index is 2.44. The van der Waals surface area contributed by atoms with E-state index < -0.39 is 0 Å². The quantitative estimate of drug-likeness (QED) is 0.273. The van der Waals surface area contributed by atoms with Crippen molar-refractivity contribution in [2.75, 3.05) is 5.75 Å². The number of hydrogen-bond acceptors (Lipinski definition) is 3.